The van der Waals surface area contributed by atoms with Crippen LogP contribution in [0.2, 0.25) is 0 Å². The Hall–Kier alpha value is -1.81. The Morgan fingerprint density at radius 2 is 1.90 bits per heavy atom. The SMILES string of the molecule is CN=C(NCCCCc1ccc(OC)cc1)N1CCN(Cc2ccon2)CC1.I. The zero-order valence-electron chi connectivity index (χ0n) is 17.3. The van der Waals surface area contributed by atoms with Crippen molar-refractivity contribution >= 4 is 29.9 Å². The van der Waals surface area contributed by atoms with E-state index in [-0.39, 0.29) is 24.0 Å². The van der Waals surface area contributed by atoms with Crippen molar-refractivity contribution in [2.24, 2.45) is 4.99 Å². The zero-order chi connectivity index (χ0) is 19.6. The predicted molar refractivity (Wildman–Crippen MR) is 126 cm³/mol. The van der Waals surface area contributed by atoms with Gasteiger partial charge in [-0.3, -0.25) is 9.89 Å². The third kappa shape index (κ3) is 7.50. The summed E-state index contributed by atoms with van der Waals surface area (Å²) in [5.41, 5.74) is 2.35. The van der Waals surface area contributed by atoms with E-state index >= 15 is 0 Å². The summed E-state index contributed by atoms with van der Waals surface area (Å²) in [6.45, 7) is 5.76. The molecular formula is C21H32IN5O2. The average Bonchev–Trinajstić information content (AvgIpc) is 3.25. The van der Waals surface area contributed by atoms with Gasteiger partial charge >= 0.3 is 0 Å². The van der Waals surface area contributed by atoms with Gasteiger partial charge in [-0.15, -0.1) is 24.0 Å². The minimum absolute atomic E-state index is 0. The average molecular weight is 513 g/mol. The fourth-order valence-electron chi connectivity index (χ4n) is 3.44. The Kier molecular flexibility index (Phi) is 10.3. The molecule has 2 aromatic rings. The second kappa shape index (κ2) is 12.7. The lowest BCUT2D eigenvalue weighted by Gasteiger charge is -2.36. The summed E-state index contributed by atoms with van der Waals surface area (Å²) in [6.07, 6.45) is 5.00. The van der Waals surface area contributed by atoms with Gasteiger partial charge in [-0.25, -0.2) is 0 Å². The van der Waals surface area contributed by atoms with Crippen LogP contribution in [0, 0.1) is 0 Å². The smallest absolute Gasteiger partial charge is 0.193 e. The minimum Gasteiger partial charge on any atom is -0.497 e. The van der Waals surface area contributed by atoms with E-state index in [9.17, 15) is 0 Å². The molecule has 7 nitrogen and oxygen atoms in total. The maximum absolute atomic E-state index is 5.20. The number of aromatic nitrogens is 1. The van der Waals surface area contributed by atoms with Gasteiger partial charge in [-0.2, -0.15) is 0 Å². The number of guanidine groups is 1. The van der Waals surface area contributed by atoms with Crippen LogP contribution in [0.25, 0.3) is 0 Å². The number of nitrogens with zero attached hydrogens (tertiary/aromatic N) is 4. The Balaban J connectivity index is 0.00000300. The Morgan fingerprint density at radius 3 is 2.52 bits per heavy atom. The van der Waals surface area contributed by atoms with E-state index in [0.717, 1.165) is 75.9 Å². The van der Waals surface area contributed by atoms with Crippen LogP contribution in [-0.4, -0.2) is 67.8 Å². The van der Waals surface area contributed by atoms with Crippen molar-refractivity contribution in [1.29, 1.82) is 0 Å². The van der Waals surface area contributed by atoms with Gasteiger partial charge in [0.1, 0.15) is 12.0 Å². The number of unbranched alkanes of at least 4 members (excludes halogenated alkanes) is 1. The molecule has 1 aliphatic rings. The maximum atomic E-state index is 5.20. The van der Waals surface area contributed by atoms with Crippen molar-refractivity contribution in [3.63, 3.8) is 0 Å². The fraction of sp³-hybridized carbons (Fsp3) is 0.524. The molecule has 8 heteroatoms. The van der Waals surface area contributed by atoms with Crippen LogP contribution in [0.5, 0.6) is 5.75 Å². The molecule has 0 amide bonds. The van der Waals surface area contributed by atoms with Crippen LogP contribution in [-0.2, 0) is 13.0 Å². The van der Waals surface area contributed by atoms with Crippen molar-refractivity contribution in [3.05, 3.63) is 47.9 Å². The van der Waals surface area contributed by atoms with E-state index in [1.807, 2.05) is 25.2 Å². The summed E-state index contributed by atoms with van der Waals surface area (Å²) in [7, 11) is 3.56. The topological polar surface area (TPSA) is 66.1 Å². The van der Waals surface area contributed by atoms with Crippen LogP contribution in [0.15, 0.2) is 46.1 Å². The molecule has 0 bridgehead atoms. The number of piperazine rings is 1. The van der Waals surface area contributed by atoms with Gasteiger partial charge in [0, 0.05) is 52.4 Å². The normalized spacial score (nSPS) is 15.1. The second-order valence-corrected chi connectivity index (χ2v) is 7.03. The molecule has 0 aliphatic carbocycles. The molecule has 0 atom stereocenters. The van der Waals surface area contributed by atoms with Gasteiger partial charge in [-0.05, 0) is 37.0 Å². The Morgan fingerprint density at radius 1 is 1.14 bits per heavy atom. The van der Waals surface area contributed by atoms with Crippen LogP contribution < -0.4 is 10.1 Å². The van der Waals surface area contributed by atoms with Crippen molar-refractivity contribution < 1.29 is 9.26 Å². The van der Waals surface area contributed by atoms with Crippen molar-refractivity contribution in [2.75, 3.05) is 46.9 Å². The standard InChI is InChI=1S/C21H31N5O2.HI/c1-22-21(23-11-4-3-5-18-6-8-20(27-2)9-7-18)26-14-12-25(13-15-26)17-19-10-16-28-24-19;/h6-10,16H,3-5,11-15,17H2,1-2H3,(H,22,23);1H. The number of nitrogens with one attached hydrogen (secondary N) is 1. The fourth-order valence-corrected chi connectivity index (χ4v) is 3.44. The number of rotatable bonds is 8. The van der Waals surface area contributed by atoms with Gasteiger partial charge in [0.2, 0.25) is 0 Å². The van der Waals surface area contributed by atoms with Crippen LogP contribution >= 0.6 is 24.0 Å². The summed E-state index contributed by atoms with van der Waals surface area (Å²) in [5, 5.41) is 7.51. The summed E-state index contributed by atoms with van der Waals surface area (Å²) < 4.78 is 10.1. The lowest BCUT2D eigenvalue weighted by Crippen LogP contribution is -2.52. The Bertz CT molecular complexity index is 713. The van der Waals surface area contributed by atoms with Crippen molar-refractivity contribution in [3.8, 4) is 5.75 Å². The largest absolute Gasteiger partial charge is 0.497 e. The molecule has 0 spiro atoms. The molecule has 0 radical (unpaired) electrons. The maximum Gasteiger partial charge on any atom is 0.193 e. The quantitative estimate of drug-likeness (QED) is 0.254. The number of ether oxygens (including phenoxy) is 1. The Labute approximate surface area is 190 Å². The van der Waals surface area contributed by atoms with Gasteiger partial charge in [0.15, 0.2) is 5.96 Å². The van der Waals surface area contributed by atoms with Gasteiger partial charge in [0.05, 0.1) is 12.8 Å². The molecule has 1 aromatic carbocycles. The highest BCUT2D eigenvalue weighted by molar-refractivity contribution is 14.0. The highest BCUT2D eigenvalue weighted by Crippen LogP contribution is 2.13. The third-order valence-corrected chi connectivity index (χ3v) is 5.09. The highest BCUT2D eigenvalue weighted by atomic mass is 127. The van der Waals surface area contributed by atoms with Crippen LogP contribution in [0.4, 0.5) is 0 Å². The number of halogens is 1. The third-order valence-electron chi connectivity index (χ3n) is 5.09. The van der Waals surface area contributed by atoms with E-state index in [4.69, 9.17) is 9.26 Å². The van der Waals surface area contributed by atoms with Gasteiger partial charge < -0.3 is 19.5 Å². The first kappa shape index (κ1) is 23.5. The van der Waals surface area contributed by atoms with E-state index in [1.165, 1.54) is 5.56 Å². The minimum atomic E-state index is 0. The summed E-state index contributed by atoms with van der Waals surface area (Å²) >= 11 is 0. The van der Waals surface area contributed by atoms with E-state index in [2.05, 4.69) is 37.4 Å². The molecular weight excluding hydrogens is 481 g/mol. The molecule has 1 saturated heterocycles. The molecule has 0 saturated carbocycles. The van der Waals surface area contributed by atoms with E-state index < -0.39 is 0 Å². The van der Waals surface area contributed by atoms with Crippen LogP contribution in [0.3, 0.4) is 0 Å². The van der Waals surface area contributed by atoms with E-state index in [1.54, 1.807) is 13.4 Å². The highest BCUT2D eigenvalue weighted by Gasteiger charge is 2.20. The van der Waals surface area contributed by atoms with Gasteiger partial charge in [0.25, 0.3) is 0 Å². The summed E-state index contributed by atoms with van der Waals surface area (Å²) in [6, 6.07) is 10.3. The molecule has 1 N–H and O–H groups in total. The number of aryl methyl sites for hydroxylation is 1. The molecule has 3 rings (SSSR count). The molecule has 160 valence electrons. The lowest BCUT2D eigenvalue weighted by atomic mass is 10.1. The first-order valence-electron chi connectivity index (χ1n) is 9.98. The molecule has 0 unspecified atom stereocenters. The second-order valence-electron chi connectivity index (χ2n) is 7.03. The van der Waals surface area contributed by atoms with E-state index in [0.29, 0.717) is 0 Å². The first-order valence-corrected chi connectivity index (χ1v) is 9.98. The number of hydrogen-bond donors (Lipinski definition) is 1. The molecule has 29 heavy (non-hydrogen) atoms. The predicted octanol–water partition coefficient (Wildman–Crippen LogP) is 3.02. The number of benzene rings is 1. The molecule has 1 fully saturated rings. The molecule has 1 aromatic heterocycles. The van der Waals surface area contributed by atoms with Gasteiger partial charge in [-0.1, -0.05) is 17.3 Å². The summed E-state index contributed by atoms with van der Waals surface area (Å²) in [4.78, 5) is 9.19. The lowest BCUT2D eigenvalue weighted by molar-refractivity contribution is 0.169. The first-order chi connectivity index (χ1) is 13.8. The number of methoxy groups -OCH3 is 1. The zero-order valence-corrected chi connectivity index (χ0v) is 19.7. The van der Waals surface area contributed by atoms with Crippen LogP contribution in [0.1, 0.15) is 24.1 Å². The molecule has 2 heterocycles. The van der Waals surface area contributed by atoms with Crippen molar-refractivity contribution in [1.82, 2.24) is 20.3 Å². The number of aliphatic imine (C=N–C) groups is 1. The molecule has 1 aliphatic heterocycles. The van der Waals surface area contributed by atoms with Crippen molar-refractivity contribution in [2.45, 2.75) is 25.8 Å². The summed E-state index contributed by atoms with van der Waals surface area (Å²) in [5.74, 6) is 1.92. The number of hydrogen-bond acceptors (Lipinski definition) is 5. The monoisotopic (exact) mass is 513 g/mol.